The zero-order valence-electron chi connectivity index (χ0n) is 46.3. The van der Waals surface area contributed by atoms with Gasteiger partial charge >= 0.3 is 23.7 Å². The van der Waals surface area contributed by atoms with Gasteiger partial charge in [-0.25, -0.2) is 55.4 Å². The fraction of sp³-hybridized carbons (Fsp3) is 0.569. The number of carbonyl (C=O) groups excluding carboxylic acids is 4. The highest BCUT2D eigenvalue weighted by Crippen LogP contribution is 2.38. The summed E-state index contributed by atoms with van der Waals surface area (Å²) in [6, 6.07) is 9.57. The van der Waals surface area contributed by atoms with Crippen LogP contribution in [0.25, 0.3) is 20.9 Å². The molecule has 2 fully saturated rings. The lowest BCUT2D eigenvalue weighted by Crippen LogP contribution is -2.49. The molecule has 0 aliphatic carbocycles. The first-order valence-electron chi connectivity index (χ1n) is 24.9. The number of rotatable bonds is 13. The number of nitrogen functional groups attached to an aromatic ring is 1. The van der Waals surface area contributed by atoms with Crippen molar-refractivity contribution in [3.8, 4) is 20.9 Å². The third kappa shape index (κ3) is 21.3. The molecule has 22 nitrogen and oxygen atoms in total. The number of carbonyl (C=O) groups is 4. The van der Waals surface area contributed by atoms with E-state index in [1.165, 1.54) is 34.8 Å². The van der Waals surface area contributed by atoms with Crippen LogP contribution < -0.4 is 30.3 Å². The normalized spacial score (nSPS) is 14.2. The highest BCUT2D eigenvalue weighted by atomic mass is 35.5. The SMILES string of the molecule is C.CC(C)OC(=O)Cl.CC(C)OC(=O)N1CCN(c2ncc(-c3ccc(N)cc3S(=O)(=O)NC(C)(C)C)s2)CC1.CC(C)OC(=O)Nc1ccc(-c2cnc(N3CCN(C(=O)OC(C)C)CC3)s2)c(S(=O)(=O)NC(C)(C)C)c1. The summed E-state index contributed by atoms with van der Waals surface area (Å²) in [5.74, 6) is 0. The van der Waals surface area contributed by atoms with Gasteiger partial charge in [0.1, 0.15) is 0 Å². The Bertz CT molecular complexity index is 2870. The fourth-order valence-electron chi connectivity index (χ4n) is 7.24. The van der Waals surface area contributed by atoms with Gasteiger partial charge in [-0.2, -0.15) is 0 Å². The Labute approximate surface area is 473 Å². The van der Waals surface area contributed by atoms with Crippen LogP contribution in [0.1, 0.15) is 104 Å². The summed E-state index contributed by atoms with van der Waals surface area (Å²) in [6.07, 6.45) is 1.27. The van der Waals surface area contributed by atoms with Gasteiger partial charge in [-0.1, -0.05) is 42.2 Å². The van der Waals surface area contributed by atoms with E-state index < -0.39 is 42.6 Å². The van der Waals surface area contributed by atoms with Crippen LogP contribution in [0, 0.1) is 0 Å². The van der Waals surface area contributed by atoms with Crippen LogP contribution in [0.3, 0.4) is 0 Å². The third-order valence-electron chi connectivity index (χ3n) is 10.2. The molecule has 4 heterocycles. The zero-order valence-corrected chi connectivity index (χ0v) is 50.3. The van der Waals surface area contributed by atoms with Crippen LogP contribution in [0.5, 0.6) is 0 Å². The maximum absolute atomic E-state index is 13.4. The predicted octanol–water partition coefficient (Wildman–Crippen LogP) is 10.1. The number of anilines is 4. The van der Waals surface area contributed by atoms with Crippen molar-refractivity contribution in [3.05, 3.63) is 48.8 Å². The maximum atomic E-state index is 13.4. The van der Waals surface area contributed by atoms with Crippen molar-refractivity contribution in [3.63, 3.8) is 0 Å². The van der Waals surface area contributed by atoms with Crippen LogP contribution in [0.2, 0.25) is 0 Å². The molecule has 0 bridgehead atoms. The van der Waals surface area contributed by atoms with Crippen molar-refractivity contribution in [2.75, 3.05) is 73.2 Å². The van der Waals surface area contributed by atoms with Crippen molar-refractivity contribution >= 4 is 99.7 Å². The lowest BCUT2D eigenvalue weighted by atomic mass is 10.1. The number of aromatic nitrogens is 2. The number of sulfonamides is 2. The van der Waals surface area contributed by atoms with E-state index in [-0.39, 0.29) is 53.8 Å². The second kappa shape index (κ2) is 28.6. The number of amides is 3. The molecule has 4 aromatic rings. The first-order valence-corrected chi connectivity index (χ1v) is 29.9. The number of benzene rings is 2. The minimum Gasteiger partial charge on any atom is -0.451 e. The number of thiazole rings is 2. The Morgan fingerprint density at radius 2 is 0.962 bits per heavy atom. The second-order valence-corrected chi connectivity index (χ2v) is 26.6. The van der Waals surface area contributed by atoms with Crippen LogP contribution in [-0.2, 0) is 39.0 Å². The standard InChI is InChI=1S/C25H37N5O6S2.C21H31N5O4S2.C4H7ClO2.CH4/c1-16(2)35-23(31)27-18-8-9-19(21(14-18)38(33,34)28-25(5,6)7)20-15-26-22(37-20)29-10-12-30(13-11-29)24(32)36-17(3)4;1-14(2)30-20(27)26-10-8-25(9-11-26)19-23-13-17(31-19)16-7-6-15(22)12-18(16)32(28,29)24-21(3,4)5;1-3(2)7-4(5)6;/h8-9,14-17,28H,10-13H2,1-7H3,(H,27,31);6-7,12-14,24H,8-11,22H2,1-5H3;3H,1-2H3;1H4. The fourth-order valence-corrected chi connectivity index (χ4v) is 12.9. The second-order valence-electron chi connectivity index (χ2n) is 21.0. The molecule has 27 heteroatoms. The van der Waals surface area contributed by atoms with Crippen molar-refractivity contribution in [2.45, 2.75) is 150 Å². The van der Waals surface area contributed by atoms with Gasteiger partial charge in [0, 0.05) is 110 Å². The molecule has 6 rings (SSSR count). The Hall–Kier alpha value is -5.51. The monoisotopic (exact) mass is 1190 g/mol. The van der Waals surface area contributed by atoms with Crippen molar-refractivity contribution in [1.29, 1.82) is 0 Å². The average Bonchev–Trinajstić information content (AvgIpc) is 3.99. The van der Waals surface area contributed by atoms with Gasteiger partial charge in [-0.05, 0) is 121 Å². The number of nitrogens with two attached hydrogens (primary N) is 1. The van der Waals surface area contributed by atoms with E-state index in [0.29, 0.717) is 79.7 Å². The van der Waals surface area contributed by atoms with Crippen LogP contribution in [0.4, 0.5) is 40.8 Å². The highest BCUT2D eigenvalue weighted by Gasteiger charge is 2.31. The number of halogens is 1. The number of hydrogen-bond acceptors (Lipinski definition) is 19. The lowest BCUT2D eigenvalue weighted by Gasteiger charge is -2.34. The molecule has 0 atom stereocenters. The van der Waals surface area contributed by atoms with Crippen LogP contribution in [-0.4, -0.2) is 148 Å². The highest BCUT2D eigenvalue weighted by molar-refractivity contribution is 7.90. The first-order chi connectivity index (χ1) is 35.6. The lowest BCUT2D eigenvalue weighted by molar-refractivity contribution is 0.0742. The number of ether oxygens (including phenoxy) is 4. The molecule has 3 amide bonds. The minimum atomic E-state index is -3.96. The Balaban J connectivity index is 0.000000365. The summed E-state index contributed by atoms with van der Waals surface area (Å²) in [7, 11) is -7.74. The van der Waals surface area contributed by atoms with Gasteiger partial charge in [0.2, 0.25) is 20.0 Å². The van der Waals surface area contributed by atoms with Crippen molar-refractivity contribution in [2.24, 2.45) is 0 Å². The molecular weight excluding hydrogens is 1110 g/mol. The molecule has 436 valence electrons. The van der Waals surface area contributed by atoms with E-state index in [0.717, 1.165) is 15.1 Å². The van der Waals surface area contributed by atoms with Gasteiger partial charge in [0.25, 0.3) is 0 Å². The molecule has 0 radical (unpaired) electrons. The van der Waals surface area contributed by atoms with Gasteiger partial charge in [-0.3, -0.25) is 5.32 Å². The molecule has 2 aromatic carbocycles. The number of hydrogen-bond donors (Lipinski definition) is 4. The topological polar surface area (TPSA) is 274 Å². The predicted molar refractivity (Wildman–Crippen MR) is 310 cm³/mol. The van der Waals surface area contributed by atoms with E-state index in [9.17, 15) is 36.0 Å². The number of nitrogens with zero attached hydrogens (tertiary/aromatic N) is 6. The zero-order chi connectivity index (χ0) is 57.8. The minimum absolute atomic E-state index is 0. The number of piperazine rings is 2. The largest absolute Gasteiger partial charge is 0.451 e. The molecule has 0 unspecified atom stereocenters. The molecule has 78 heavy (non-hydrogen) atoms. The summed E-state index contributed by atoms with van der Waals surface area (Å²) in [6.45, 7) is 29.3. The molecule has 0 spiro atoms. The smallest absolute Gasteiger partial charge is 0.411 e. The van der Waals surface area contributed by atoms with E-state index in [2.05, 4.69) is 39.3 Å². The molecule has 2 aromatic heterocycles. The molecule has 5 N–H and O–H groups in total. The van der Waals surface area contributed by atoms with Crippen LogP contribution in [0.15, 0.2) is 58.6 Å². The summed E-state index contributed by atoms with van der Waals surface area (Å²) in [5.41, 5.74) is 5.50. The Kier molecular flexibility index (Phi) is 24.5. The maximum Gasteiger partial charge on any atom is 0.411 e. The number of nitrogens with one attached hydrogen (secondary N) is 3. The molecule has 2 aliphatic rings. The quantitative estimate of drug-likeness (QED) is 0.0550. The Morgan fingerprint density at radius 1 is 0.590 bits per heavy atom. The van der Waals surface area contributed by atoms with E-state index in [1.807, 2.05) is 27.7 Å². The van der Waals surface area contributed by atoms with E-state index in [1.54, 1.807) is 116 Å². The average molecular weight is 1190 g/mol. The summed E-state index contributed by atoms with van der Waals surface area (Å²) >= 11 is 7.59. The van der Waals surface area contributed by atoms with Crippen LogP contribution >= 0.6 is 34.3 Å². The molecule has 0 saturated carbocycles. The van der Waals surface area contributed by atoms with Gasteiger partial charge < -0.3 is 44.3 Å². The summed E-state index contributed by atoms with van der Waals surface area (Å²) < 4.78 is 78.3. The van der Waals surface area contributed by atoms with Crippen molar-refractivity contribution < 1.29 is 55.0 Å². The summed E-state index contributed by atoms with van der Waals surface area (Å²) in [4.78, 5) is 64.3. The van der Waals surface area contributed by atoms with E-state index in [4.69, 9.17) is 31.5 Å². The summed E-state index contributed by atoms with van der Waals surface area (Å²) in [5, 5.41) is 4.10. The van der Waals surface area contributed by atoms with Gasteiger partial charge in [0.05, 0.1) is 44.0 Å². The Morgan fingerprint density at radius 3 is 1.31 bits per heavy atom. The van der Waals surface area contributed by atoms with Gasteiger partial charge in [0.15, 0.2) is 10.3 Å². The molecular formula is C51H79ClN10O12S4. The molecule has 2 aliphatic heterocycles. The first kappa shape index (κ1) is 66.8. The third-order valence-corrected chi connectivity index (χ3v) is 16.0. The van der Waals surface area contributed by atoms with Crippen molar-refractivity contribution in [1.82, 2.24) is 29.2 Å². The molecule has 2 saturated heterocycles. The van der Waals surface area contributed by atoms with Gasteiger partial charge in [-0.15, -0.1) is 0 Å². The van der Waals surface area contributed by atoms with E-state index >= 15 is 0 Å².